The van der Waals surface area contributed by atoms with E-state index >= 15 is 0 Å². The fraction of sp³-hybridized carbons (Fsp3) is 0.375. The lowest BCUT2D eigenvalue weighted by Crippen LogP contribution is -2.51. The van der Waals surface area contributed by atoms with Crippen LogP contribution in [-0.4, -0.2) is 28.5 Å². The fourth-order valence-corrected chi connectivity index (χ4v) is 1.24. The number of nitrogens with zero attached hydrogens (tertiary/aromatic N) is 2. The van der Waals surface area contributed by atoms with Gasteiger partial charge in [0.2, 0.25) is 11.9 Å². The zero-order valence-electron chi connectivity index (χ0n) is 7.33. The number of hydrogen-bond acceptors (Lipinski definition) is 4. The van der Waals surface area contributed by atoms with Crippen LogP contribution in [0.15, 0.2) is 12.3 Å². The van der Waals surface area contributed by atoms with Crippen molar-refractivity contribution in [3.8, 4) is 0 Å². The van der Waals surface area contributed by atoms with E-state index in [4.69, 9.17) is 11.6 Å². The summed E-state index contributed by atoms with van der Waals surface area (Å²) in [6, 6.07) is 1.44. The van der Waals surface area contributed by atoms with E-state index in [1.165, 1.54) is 6.20 Å². The van der Waals surface area contributed by atoms with E-state index < -0.39 is 0 Å². The quantitative estimate of drug-likeness (QED) is 0.698. The molecule has 0 saturated carbocycles. The van der Waals surface area contributed by atoms with E-state index in [9.17, 15) is 4.79 Å². The summed E-state index contributed by atoms with van der Waals surface area (Å²) in [6.45, 7) is 0.883. The second-order valence-corrected chi connectivity index (χ2v) is 3.37. The monoisotopic (exact) mass is 212 g/mol. The van der Waals surface area contributed by atoms with E-state index in [0.717, 1.165) is 13.0 Å². The van der Waals surface area contributed by atoms with Gasteiger partial charge in [0.05, 0.1) is 6.04 Å². The van der Waals surface area contributed by atoms with Crippen LogP contribution in [0.1, 0.15) is 6.42 Å². The first-order chi connectivity index (χ1) is 6.75. The van der Waals surface area contributed by atoms with Crippen LogP contribution in [0.25, 0.3) is 0 Å². The first kappa shape index (κ1) is 9.36. The fourth-order valence-electron chi connectivity index (χ4n) is 1.11. The van der Waals surface area contributed by atoms with Crippen LogP contribution >= 0.6 is 11.6 Å². The van der Waals surface area contributed by atoms with Gasteiger partial charge in [0.25, 0.3) is 0 Å². The Balaban J connectivity index is 1.99. The molecule has 0 aliphatic carbocycles. The molecule has 1 aliphatic heterocycles. The van der Waals surface area contributed by atoms with Gasteiger partial charge in [0, 0.05) is 6.20 Å². The van der Waals surface area contributed by atoms with Crippen molar-refractivity contribution in [1.29, 1.82) is 0 Å². The van der Waals surface area contributed by atoms with Gasteiger partial charge < -0.3 is 5.32 Å². The lowest BCUT2D eigenvalue weighted by molar-refractivity contribution is -0.119. The molecule has 14 heavy (non-hydrogen) atoms. The Morgan fingerprint density at radius 2 is 2.50 bits per heavy atom. The molecule has 74 valence electrons. The molecule has 2 N–H and O–H groups in total. The van der Waals surface area contributed by atoms with Crippen molar-refractivity contribution in [3.63, 3.8) is 0 Å². The van der Waals surface area contributed by atoms with Crippen molar-refractivity contribution in [1.82, 2.24) is 15.3 Å². The van der Waals surface area contributed by atoms with Gasteiger partial charge in [-0.2, -0.15) is 0 Å². The maximum atomic E-state index is 11.4. The molecule has 0 bridgehead atoms. The van der Waals surface area contributed by atoms with Gasteiger partial charge in [-0.1, -0.05) is 11.6 Å². The molecule has 1 aromatic rings. The summed E-state index contributed by atoms with van der Waals surface area (Å²) in [4.78, 5) is 19.1. The highest BCUT2D eigenvalue weighted by atomic mass is 35.5. The number of nitrogens with one attached hydrogen (secondary N) is 2. The molecule has 0 aromatic carbocycles. The van der Waals surface area contributed by atoms with Crippen LogP contribution < -0.4 is 10.6 Å². The minimum atomic E-state index is -0.113. The SMILES string of the molecule is O=C(Nc1nccc(Cl)n1)C1CCN1. The molecule has 1 saturated heterocycles. The van der Waals surface area contributed by atoms with Gasteiger partial charge in [-0.05, 0) is 19.0 Å². The van der Waals surface area contributed by atoms with Gasteiger partial charge >= 0.3 is 0 Å². The highest BCUT2D eigenvalue weighted by molar-refractivity contribution is 6.29. The van der Waals surface area contributed by atoms with Crippen molar-refractivity contribution in [2.24, 2.45) is 0 Å². The Kier molecular flexibility index (Phi) is 2.60. The normalized spacial score (nSPS) is 19.9. The molecule has 2 rings (SSSR count). The number of hydrogen-bond donors (Lipinski definition) is 2. The smallest absolute Gasteiger partial charge is 0.243 e. The summed E-state index contributed by atoms with van der Waals surface area (Å²) in [5.41, 5.74) is 0. The third-order valence-corrected chi connectivity index (χ3v) is 2.21. The molecule has 0 spiro atoms. The van der Waals surface area contributed by atoms with E-state index in [1.54, 1.807) is 6.07 Å². The minimum absolute atomic E-state index is 0.112. The predicted molar refractivity (Wildman–Crippen MR) is 52.1 cm³/mol. The summed E-state index contributed by atoms with van der Waals surface area (Å²) in [6.07, 6.45) is 2.35. The predicted octanol–water partition coefficient (Wildman–Crippen LogP) is 0.430. The molecule has 1 atom stereocenters. The molecule has 1 amide bonds. The summed E-state index contributed by atoms with van der Waals surface area (Å²) in [5, 5.41) is 5.87. The lowest BCUT2D eigenvalue weighted by atomic mass is 10.1. The van der Waals surface area contributed by atoms with Gasteiger partial charge in [-0.25, -0.2) is 9.97 Å². The molecule has 1 aliphatic rings. The van der Waals surface area contributed by atoms with Gasteiger partial charge in [0.1, 0.15) is 5.15 Å². The van der Waals surface area contributed by atoms with Crippen LogP contribution in [0.3, 0.4) is 0 Å². The topological polar surface area (TPSA) is 66.9 Å². The summed E-state index contributed by atoms with van der Waals surface area (Å²) < 4.78 is 0. The molecule has 1 unspecified atom stereocenters. The average Bonchev–Trinajstić information content (AvgIpc) is 1.99. The Bertz CT molecular complexity index is 353. The van der Waals surface area contributed by atoms with Gasteiger partial charge in [0.15, 0.2) is 0 Å². The van der Waals surface area contributed by atoms with Crippen LogP contribution in [0, 0.1) is 0 Å². The molecular formula is C8H9ClN4O. The van der Waals surface area contributed by atoms with Crippen LogP contribution in [0.5, 0.6) is 0 Å². The molecule has 2 heterocycles. The number of anilines is 1. The average molecular weight is 213 g/mol. The second kappa shape index (κ2) is 3.89. The molecular weight excluding hydrogens is 204 g/mol. The van der Waals surface area contributed by atoms with Crippen LogP contribution in [0.2, 0.25) is 5.15 Å². The molecule has 0 radical (unpaired) electrons. The highest BCUT2D eigenvalue weighted by Crippen LogP contribution is 2.08. The third-order valence-electron chi connectivity index (χ3n) is 2.00. The van der Waals surface area contributed by atoms with Gasteiger partial charge in [-0.15, -0.1) is 0 Å². The van der Waals surface area contributed by atoms with E-state index in [1.807, 2.05) is 0 Å². The van der Waals surface area contributed by atoms with Crippen molar-refractivity contribution in [2.45, 2.75) is 12.5 Å². The summed E-state index contributed by atoms with van der Waals surface area (Å²) in [5.74, 6) is 0.134. The Morgan fingerprint density at radius 1 is 1.71 bits per heavy atom. The highest BCUT2D eigenvalue weighted by Gasteiger charge is 2.24. The zero-order valence-corrected chi connectivity index (χ0v) is 8.08. The first-order valence-corrected chi connectivity index (χ1v) is 4.66. The Hall–Kier alpha value is -1.20. The summed E-state index contributed by atoms with van der Waals surface area (Å²) >= 11 is 5.64. The molecule has 5 nitrogen and oxygen atoms in total. The third kappa shape index (κ3) is 2.00. The zero-order chi connectivity index (χ0) is 9.97. The maximum Gasteiger partial charge on any atom is 0.243 e. The number of rotatable bonds is 2. The van der Waals surface area contributed by atoms with E-state index in [-0.39, 0.29) is 17.9 Å². The van der Waals surface area contributed by atoms with Crippen molar-refractivity contribution >= 4 is 23.5 Å². The molecule has 1 aromatic heterocycles. The largest absolute Gasteiger partial charge is 0.306 e. The number of carbonyl (C=O) groups excluding carboxylic acids is 1. The van der Waals surface area contributed by atoms with E-state index in [2.05, 4.69) is 20.6 Å². The number of carbonyl (C=O) groups is 1. The number of halogens is 1. The lowest BCUT2D eigenvalue weighted by Gasteiger charge is -2.25. The number of amides is 1. The number of aromatic nitrogens is 2. The molecule has 6 heteroatoms. The Morgan fingerprint density at radius 3 is 3.07 bits per heavy atom. The van der Waals surface area contributed by atoms with Crippen molar-refractivity contribution in [2.75, 3.05) is 11.9 Å². The van der Waals surface area contributed by atoms with Crippen molar-refractivity contribution in [3.05, 3.63) is 17.4 Å². The second-order valence-electron chi connectivity index (χ2n) is 2.99. The van der Waals surface area contributed by atoms with Crippen LogP contribution in [0.4, 0.5) is 5.95 Å². The van der Waals surface area contributed by atoms with Crippen LogP contribution in [-0.2, 0) is 4.79 Å². The van der Waals surface area contributed by atoms with Gasteiger partial charge in [-0.3, -0.25) is 10.1 Å². The standard InChI is InChI=1S/C8H9ClN4O/c9-6-2-4-11-8(12-6)13-7(14)5-1-3-10-5/h2,4-5,10H,1,3H2,(H,11,12,13,14). The summed E-state index contributed by atoms with van der Waals surface area (Å²) in [7, 11) is 0. The maximum absolute atomic E-state index is 11.4. The van der Waals surface area contributed by atoms with Crippen molar-refractivity contribution < 1.29 is 4.79 Å². The molecule has 1 fully saturated rings. The Labute approximate surface area is 85.9 Å². The van der Waals surface area contributed by atoms with E-state index in [0.29, 0.717) is 5.15 Å². The minimum Gasteiger partial charge on any atom is -0.306 e. The first-order valence-electron chi connectivity index (χ1n) is 4.28.